The number of ketones is 1. The van der Waals surface area contributed by atoms with Gasteiger partial charge in [0, 0.05) is 18.2 Å². The summed E-state index contributed by atoms with van der Waals surface area (Å²) in [5, 5.41) is 11.6. The van der Waals surface area contributed by atoms with Gasteiger partial charge < -0.3 is 19.2 Å². The van der Waals surface area contributed by atoms with Gasteiger partial charge in [-0.25, -0.2) is 4.79 Å². The minimum absolute atomic E-state index is 0.122. The molecule has 1 heterocycles. The predicted molar refractivity (Wildman–Crippen MR) is 176 cm³/mol. The van der Waals surface area contributed by atoms with Crippen LogP contribution >= 0.6 is 0 Å². The van der Waals surface area contributed by atoms with Crippen molar-refractivity contribution in [2.24, 2.45) is 0 Å². The Balaban J connectivity index is 1.48. The Kier molecular flexibility index (Phi) is 9.79. The van der Waals surface area contributed by atoms with Gasteiger partial charge in [0.15, 0.2) is 5.78 Å². The maximum Gasteiger partial charge on any atom is 0.410 e. The van der Waals surface area contributed by atoms with Gasteiger partial charge in [0.25, 0.3) is 8.32 Å². The highest BCUT2D eigenvalue weighted by molar-refractivity contribution is 6.99. The highest BCUT2D eigenvalue weighted by Crippen LogP contribution is 2.41. The van der Waals surface area contributed by atoms with Crippen LogP contribution in [0.2, 0.25) is 5.04 Å². The quantitative estimate of drug-likeness (QED) is 0.179. The van der Waals surface area contributed by atoms with Crippen LogP contribution in [0, 0.1) is 0 Å². The minimum Gasteiger partial charge on any atom is -0.445 e. The summed E-state index contributed by atoms with van der Waals surface area (Å²) in [6.07, 6.45) is 0.752. The van der Waals surface area contributed by atoms with Crippen LogP contribution in [0.5, 0.6) is 0 Å². The average molecular weight is 608 g/mol. The van der Waals surface area contributed by atoms with Gasteiger partial charge in [-0.2, -0.15) is 0 Å². The van der Waals surface area contributed by atoms with E-state index in [2.05, 4.69) is 69.3 Å². The molecule has 0 bridgehead atoms. The molecular weight excluding hydrogens is 566 g/mol. The largest absolute Gasteiger partial charge is 0.445 e. The van der Waals surface area contributed by atoms with E-state index in [4.69, 9.17) is 9.16 Å². The number of benzene rings is 4. The zero-order valence-electron chi connectivity index (χ0n) is 25.7. The van der Waals surface area contributed by atoms with E-state index < -0.39 is 14.9 Å². The summed E-state index contributed by atoms with van der Waals surface area (Å²) in [4.78, 5) is 27.5. The molecule has 0 saturated carbocycles. The lowest BCUT2D eigenvalue weighted by molar-refractivity contribution is 0.0312. The van der Waals surface area contributed by atoms with Gasteiger partial charge in [-0.3, -0.25) is 4.79 Å². The van der Waals surface area contributed by atoms with E-state index in [-0.39, 0.29) is 35.7 Å². The first-order chi connectivity index (χ1) is 21.2. The number of aliphatic hydroxyl groups is 1. The Morgan fingerprint density at radius 3 is 1.89 bits per heavy atom. The van der Waals surface area contributed by atoms with Crippen LogP contribution in [0.1, 0.15) is 61.1 Å². The fourth-order valence-corrected chi connectivity index (χ4v) is 11.0. The number of amides is 1. The van der Waals surface area contributed by atoms with Crippen LogP contribution in [-0.4, -0.2) is 49.5 Å². The fourth-order valence-electron chi connectivity index (χ4n) is 6.30. The summed E-state index contributed by atoms with van der Waals surface area (Å²) in [5.41, 5.74) is 2.26. The van der Waals surface area contributed by atoms with Crippen molar-refractivity contribution < 1.29 is 23.9 Å². The van der Waals surface area contributed by atoms with E-state index in [1.807, 2.05) is 54.6 Å². The van der Waals surface area contributed by atoms with Crippen LogP contribution in [0.25, 0.3) is 0 Å². The van der Waals surface area contributed by atoms with Crippen molar-refractivity contribution in [1.29, 1.82) is 0 Å². The second-order valence-electron chi connectivity index (χ2n) is 12.4. The van der Waals surface area contributed by atoms with Gasteiger partial charge in [0.1, 0.15) is 13.2 Å². The summed E-state index contributed by atoms with van der Waals surface area (Å²) in [6, 6.07) is 37.7. The SMILES string of the molecule is CC(C)(C)[Si](OC1CCN(C(=O)OCc2ccccc2)C(c2ccc(C(=O)CO)cc2)C1)(c1ccccc1)c1ccccc1. The predicted octanol–water partition coefficient (Wildman–Crippen LogP) is 6.28. The van der Waals surface area contributed by atoms with Crippen LogP contribution < -0.4 is 10.4 Å². The Morgan fingerprint density at radius 2 is 1.36 bits per heavy atom. The van der Waals surface area contributed by atoms with E-state index in [0.29, 0.717) is 24.9 Å². The highest BCUT2D eigenvalue weighted by atomic mass is 28.4. The summed E-state index contributed by atoms with van der Waals surface area (Å²) < 4.78 is 13.3. The Bertz CT molecular complexity index is 1480. The first kappa shape index (κ1) is 31.4. The van der Waals surface area contributed by atoms with Crippen LogP contribution in [0.15, 0.2) is 115 Å². The van der Waals surface area contributed by atoms with E-state index >= 15 is 0 Å². The first-order valence-electron chi connectivity index (χ1n) is 15.2. The topological polar surface area (TPSA) is 76.1 Å². The number of likely N-dealkylation sites (tertiary alicyclic amines) is 1. The molecule has 44 heavy (non-hydrogen) atoms. The number of piperidine rings is 1. The van der Waals surface area contributed by atoms with Crippen molar-refractivity contribution in [3.8, 4) is 0 Å². The molecule has 1 aliphatic rings. The van der Waals surface area contributed by atoms with Gasteiger partial charge in [0.2, 0.25) is 0 Å². The molecule has 1 N–H and O–H groups in total. The lowest BCUT2D eigenvalue weighted by Crippen LogP contribution is -2.68. The zero-order valence-corrected chi connectivity index (χ0v) is 26.7. The molecule has 0 spiro atoms. The lowest BCUT2D eigenvalue weighted by Gasteiger charge is -2.48. The van der Waals surface area contributed by atoms with Crippen molar-refractivity contribution in [2.45, 2.75) is 57.4 Å². The third kappa shape index (κ3) is 6.70. The molecule has 228 valence electrons. The number of Topliss-reactive ketones (excluding diaryl/α,β-unsaturated/α-hetero) is 1. The molecule has 2 atom stereocenters. The molecule has 1 fully saturated rings. The molecule has 2 unspecified atom stereocenters. The molecular formula is C37H41NO5Si. The summed E-state index contributed by atoms with van der Waals surface area (Å²) in [7, 11) is -2.81. The van der Waals surface area contributed by atoms with Crippen LogP contribution in [-0.2, 0) is 15.8 Å². The van der Waals surface area contributed by atoms with Crippen molar-refractivity contribution in [3.05, 3.63) is 132 Å². The molecule has 7 heteroatoms. The number of rotatable bonds is 9. The maximum absolute atomic E-state index is 13.6. The van der Waals surface area contributed by atoms with Crippen molar-refractivity contribution in [3.63, 3.8) is 0 Å². The molecule has 1 amide bonds. The zero-order chi connectivity index (χ0) is 31.2. The van der Waals surface area contributed by atoms with Crippen LogP contribution in [0.4, 0.5) is 4.79 Å². The summed E-state index contributed by atoms with van der Waals surface area (Å²) in [6.45, 7) is 6.92. The fraction of sp³-hybridized carbons (Fsp3) is 0.297. The Morgan fingerprint density at radius 1 is 0.818 bits per heavy atom. The first-order valence-corrected chi connectivity index (χ1v) is 17.1. The second kappa shape index (κ2) is 13.7. The number of aliphatic hydroxyl groups excluding tert-OH is 1. The van der Waals surface area contributed by atoms with Crippen molar-refractivity contribution >= 4 is 30.6 Å². The van der Waals surface area contributed by atoms with Gasteiger partial charge in [-0.05, 0) is 39.4 Å². The molecule has 0 aromatic heterocycles. The Hall–Kier alpha value is -4.04. The van der Waals surface area contributed by atoms with Gasteiger partial charge in [-0.1, -0.05) is 136 Å². The number of hydrogen-bond donors (Lipinski definition) is 1. The number of carbonyl (C=O) groups is 2. The van der Waals surface area contributed by atoms with E-state index in [1.54, 1.807) is 17.0 Å². The molecule has 1 saturated heterocycles. The summed E-state index contributed by atoms with van der Waals surface area (Å²) >= 11 is 0. The number of nitrogens with zero attached hydrogens (tertiary/aromatic N) is 1. The standard InChI is InChI=1S/C37H41NO5Si/c1-37(2,3)44(32-15-9-5-10-16-32,33-17-11-6-12-18-33)43-31-23-24-38(36(41)42-27-28-13-7-4-8-14-28)34(25-31)29-19-21-30(22-20-29)35(40)26-39/h4-22,31,34,39H,23-27H2,1-3H3. The smallest absolute Gasteiger partial charge is 0.410 e. The third-order valence-electron chi connectivity index (χ3n) is 8.52. The molecule has 1 aliphatic heterocycles. The van der Waals surface area contributed by atoms with Crippen molar-refractivity contribution in [2.75, 3.05) is 13.2 Å². The monoisotopic (exact) mass is 607 g/mol. The minimum atomic E-state index is -2.81. The van der Waals surface area contributed by atoms with Gasteiger partial charge in [-0.15, -0.1) is 0 Å². The highest BCUT2D eigenvalue weighted by Gasteiger charge is 2.52. The number of carbonyl (C=O) groups excluding carboxylic acids is 2. The van der Waals surface area contributed by atoms with E-state index in [1.165, 1.54) is 10.4 Å². The third-order valence-corrected chi connectivity index (χ3v) is 13.6. The van der Waals surface area contributed by atoms with Crippen LogP contribution in [0.3, 0.4) is 0 Å². The molecule has 5 rings (SSSR count). The summed E-state index contributed by atoms with van der Waals surface area (Å²) in [5.74, 6) is -0.341. The van der Waals surface area contributed by atoms with Crippen molar-refractivity contribution in [1.82, 2.24) is 4.90 Å². The second-order valence-corrected chi connectivity index (χ2v) is 16.6. The van der Waals surface area contributed by atoms with Gasteiger partial charge >= 0.3 is 6.09 Å². The number of ether oxygens (including phenoxy) is 1. The molecule has 0 aliphatic carbocycles. The van der Waals surface area contributed by atoms with E-state index in [0.717, 1.165) is 11.1 Å². The molecule has 4 aromatic rings. The molecule has 4 aromatic carbocycles. The maximum atomic E-state index is 13.6. The average Bonchev–Trinajstić information content (AvgIpc) is 3.06. The van der Waals surface area contributed by atoms with Gasteiger partial charge in [0.05, 0.1) is 6.04 Å². The van der Waals surface area contributed by atoms with E-state index in [9.17, 15) is 14.7 Å². The Labute approximate surface area is 261 Å². The lowest BCUT2D eigenvalue weighted by atomic mass is 9.93. The number of hydrogen-bond acceptors (Lipinski definition) is 5. The normalized spacial score (nSPS) is 17.2. The molecule has 6 nitrogen and oxygen atoms in total. The molecule has 0 radical (unpaired) electrons.